The molecule has 2 heterocycles. The van der Waals surface area contributed by atoms with Crippen molar-refractivity contribution in [2.24, 2.45) is 7.05 Å². The molecule has 0 N–H and O–H groups in total. The molecule has 1 aliphatic carbocycles. The Labute approximate surface area is 140 Å². The molecule has 0 spiro atoms. The van der Waals surface area contributed by atoms with Crippen molar-refractivity contribution in [1.82, 2.24) is 14.8 Å². The van der Waals surface area contributed by atoms with Gasteiger partial charge in [0, 0.05) is 17.9 Å². The van der Waals surface area contributed by atoms with Gasteiger partial charge in [-0.05, 0) is 44.7 Å². The van der Waals surface area contributed by atoms with Crippen LogP contribution in [0.4, 0.5) is 0 Å². The van der Waals surface area contributed by atoms with E-state index in [1.165, 1.54) is 19.3 Å². The van der Waals surface area contributed by atoms with E-state index in [1.54, 1.807) is 0 Å². The van der Waals surface area contributed by atoms with Crippen LogP contribution in [0.5, 0.6) is 5.75 Å². The van der Waals surface area contributed by atoms with Gasteiger partial charge in [-0.3, -0.25) is 4.68 Å². The lowest BCUT2D eigenvalue weighted by Gasteiger charge is -2.23. The summed E-state index contributed by atoms with van der Waals surface area (Å²) in [4.78, 5) is 4.73. The molecule has 118 valence electrons. The summed E-state index contributed by atoms with van der Waals surface area (Å²) < 4.78 is 8.03. The van der Waals surface area contributed by atoms with Crippen LogP contribution in [0.1, 0.15) is 43.5 Å². The molecule has 0 unspecified atom stereocenters. The molecule has 0 saturated heterocycles. The molecule has 4 nitrogen and oxygen atoms in total. The molecule has 5 heteroatoms. The van der Waals surface area contributed by atoms with Crippen LogP contribution in [0.3, 0.4) is 0 Å². The lowest BCUT2D eigenvalue weighted by Crippen LogP contribution is -2.20. The smallest absolute Gasteiger partial charge is 0.140 e. The summed E-state index contributed by atoms with van der Waals surface area (Å²) >= 11 is 3.52. The Morgan fingerprint density at radius 1 is 1.27 bits per heavy atom. The van der Waals surface area contributed by atoms with Crippen molar-refractivity contribution in [1.29, 1.82) is 0 Å². The van der Waals surface area contributed by atoms with Gasteiger partial charge >= 0.3 is 0 Å². The molecule has 1 aliphatic rings. The zero-order valence-corrected chi connectivity index (χ0v) is 14.8. The van der Waals surface area contributed by atoms with Crippen LogP contribution in [0.2, 0.25) is 0 Å². The molecular formula is C17H22BrN3O. The van der Waals surface area contributed by atoms with Crippen molar-refractivity contribution in [3.05, 3.63) is 29.7 Å². The normalized spacial score (nSPS) is 16.0. The van der Waals surface area contributed by atoms with Crippen molar-refractivity contribution >= 4 is 15.9 Å². The molecule has 0 aliphatic heterocycles. The highest BCUT2D eigenvalue weighted by atomic mass is 79.9. The van der Waals surface area contributed by atoms with Crippen molar-refractivity contribution < 1.29 is 4.74 Å². The fourth-order valence-corrected chi connectivity index (χ4v) is 3.69. The summed E-state index contributed by atoms with van der Waals surface area (Å²) in [7, 11) is 1.95. The second-order valence-corrected chi connectivity index (χ2v) is 6.48. The average Bonchev–Trinajstić information content (AvgIpc) is 2.91. The molecule has 1 fully saturated rings. The molecule has 1 saturated carbocycles. The third kappa shape index (κ3) is 3.19. The van der Waals surface area contributed by atoms with Gasteiger partial charge in [-0.2, -0.15) is 5.10 Å². The monoisotopic (exact) mass is 363 g/mol. The van der Waals surface area contributed by atoms with E-state index in [9.17, 15) is 0 Å². The lowest BCUT2D eigenvalue weighted by atomic mass is 9.98. The molecule has 0 aromatic carbocycles. The standard InChI is InChI=1S/C17H22BrN3O/c1-12-17(22-13-6-4-3-5-7-13)9-8-15(20-12)14-11-19-21(2)16(14)10-18/h8-9,11,13H,3-7,10H2,1-2H3. The maximum atomic E-state index is 6.15. The Bertz CT molecular complexity index is 647. The number of aryl methyl sites for hydroxylation is 2. The fraction of sp³-hybridized carbons (Fsp3) is 0.529. The van der Waals surface area contributed by atoms with Crippen LogP contribution in [0.25, 0.3) is 11.3 Å². The molecule has 0 radical (unpaired) electrons. The average molecular weight is 364 g/mol. The molecule has 0 amide bonds. The van der Waals surface area contributed by atoms with Crippen molar-refractivity contribution in [2.45, 2.75) is 50.5 Å². The molecule has 2 aromatic heterocycles. The first kappa shape index (κ1) is 15.5. The van der Waals surface area contributed by atoms with Gasteiger partial charge in [0.2, 0.25) is 0 Å². The number of ether oxygens (including phenoxy) is 1. The number of nitrogens with zero attached hydrogens (tertiary/aromatic N) is 3. The first-order chi connectivity index (χ1) is 10.7. The van der Waals surface area contributed by atoms with E-state index in [0.29, 0.717) is 6.10 Å². The van der Waals surface area contributed by atoms with Gasteiger partial charge in [0.15, 0.2) is 0 Å². The molecule has 0 atom stereocenters. The summed E-state index contributed by atoms with van der Waals surface area (Å²) in [6.07, 6.45) is 8.46. The van der Waals surface area contributed by atoms with Crippen LogP contribution in [0, 0.1) is 6.92 Å². The Morgan fingerprint density at radius 3 is 2.73 bits per heavy atom. The van der Waals surface area contributed by atoms with E-state index >= 15 is 0 Å². The number of pyridine rings is 1. The fourth-order valence-electron chi connectivity index (χ4n) is 3.02. The number of hydrogen-bond donors (Lipinski definition) is 0. The van der Waals surface area contributed by atoms with Crippen LogP contribution < -0.4 is 4.74 Å². The van der Waals surface area contributed by atoms with Crippen LogP contribution >= 0.6 is 15.9 Å². The van der Waals surface area contributed by atoms with Gasteiger partial charge in [-0.15, -0.1) is 0 Å². The summed E-state index contributed by atoms with van der Waals surface area (Å²) in [6, 6.07) is 4.09. The topological polar surface area (TPSA) is 39.9 Å². The number of aromatic nitrogens is 3. The number of alkyl halides is 1. The summed E-state index contributed by atoms with van der Waals surface area (Å²) in [5.41, 5.74) is 4.11. The largest absolute Gasteiger partial charge is 0.489 e. The minimum absolute atomic E-state index is 0.358. The second kappa shape index (κ2) is 6.82. The van der Waals surface area contributed by atoms with Gasteiger partial charge in [0.05, 0.1) is 29.4 Å². The van der Waals surface area contributed by atoms with Crippen molar-refractivity contribution in [2.75, 3.05) is 0 Å². The van der Waals surface area contributed by atoms with E-state index in [0.717, 1.165) is 46.6 Å². The van der Waals surface area contributed by atoms with Crippen molar-refractivity contribution in [3.63, 3.8) is 0 Å². The maximum absolute atomic E-state index is 6.15. The third-order valence-electron chi connectivity index (χ3n) is 4.35. The third-order valence-corrected chi connectivity index (χ3v) is 4.88. The van der Waals surface area contributed by atoms with Gasteiger partial charge in [-0.25, -0.2) is 4.98 Å². The minimum atomic E-state index is 0.358. The molecular weight excluding hydrogens is 342 g/mol. The Hall–Kier alpha value is -1.36. The quantitative estimate of drug-likeness (QED) is 0.755. The molecule has 22 heavy (non-hydrogen) atoms. The highest BCUT2D eigenvalue weighted by Gasteiger charge is 2.17. The molecule has 3 rings (SSSR count). The zero-order valence-electron chi connectivity index (χ0n) is 13.2. The van der Waals surface area contributed by atoms with E-state index in [4.69, 9.17) is 9.72 Å². The van der Waals surface area contributed by atoms with Gasteiger partial charge < -0.3 is 4.74 Å². The summed E-state index contributed by atoms with van der Waals surface area (Å²) in [6.45, 7) is 2.02. The Kier molecular flexibility index (Phi) is 4.81. The first-order valence-electron chi connectivity index (χ1n) is 7.90. The Balaban J connectivity index is 1.82. The molecule has 0 bridgehead atoms. The van der Waals surface area contributed by atoms with Crippen LogP contribution in [-0.4, -0.2) is 20.9 Å². The maximum Gasteiger partial charge on any atom is 0.140 e. The molecule has 2 aromatic rings. The second-order valence-electron chi connectivity index (χ2n) is 5.92. The number of rotatable bonds is 4. The SMILES string of the molecule is Cc1nc(-c2cnn(C)c2CBr)ccc1OC1CCCCC1. The predicted octanol–water partition coefficient (Wildman–Crippen LogP) is 4.40. The minimum Gasteiger partial charge on any atom is -0.489 e. The van der Waals surface area contributed by atoms with Crippen molar-refractivity contribution in [3.8, 4) is 17.0 Å². The van der Waals surface area contributed by atoms with Crippen LogP contribution in [0.15, 0.2) is 18.3 Å². The van der Waals surface area contributed by atoms with E-state index in [-0.39, 0.29) is 0 Å². The number of hydrogen-bond acceptors (Lipinski definition) is 3. The van der Waals surface area contributed by atoms with Gasteiger partial charge in [0.25, 0.3) is 0 Å². The Morgan fingerprint density at radius 2 is 2.05 bits per heavy atom. The summed E-state index contributed by atoms with van der Waals surface area (Å²) in [5, 5.41) is 5.09. The van der Waals surface area contributed by atoms with E-state index < -0.39 is 0 Å². The van der Waals surface area contributed by atoms with E-state index in [1.807, 2.05) is 30.9 Å². The predicted molar refractivity (Wildman–Crippen MR) is 91.3 cm³/mol. The first-order valence-corrected chi connectivity index (χ1v) is 9.02. The lowest BCUT2D eigenvalue weighted by molar-refractivity contribution is 0.153. The van der Waals surface area contributed by atoms with Gasteiger partial charge in [-0.1, -0.05) is 22.4 Å². The van der Waals surface area contributed by atoms with Gasteiger partial charge in [0.1, 0.15) is 5.75 Å². The highest BCUT2D eigenvalue weighted by Crippen LogP contribution is 2.29. The van der Waals surface area contributed by atoms with E-state index in [2.05, 4.69) is 27.1 Å². The highest BCUT2D eigenvalue weighted by molar-refractivity contribution is 9.08. The number of halogens is 1. The summed E-state index contributed by atoms with van der Waals surface area (Å²) in [5.74, 6) is 0.917. The van der Waals surface area contributed by atoms with Crippen LogP contribution in [-0.2, 0) is 12.4 Å². The zero-order chi connectivity index (χ0) is 15.5.